The number of nitrogen functional groups attached to an aromatic ring is 1. The molecule has 0 radical (unpaired) electrons. The highest BCUT2D eigenvalue weighted by Crippen LogP contribution is 2.45. The second-order valence-corrected chi connectivity index (χ2v) is 8.13. The van der Waals surface area contributed by atoms with E-state index in [1.807, 2.05) is 0 Å². The van der Waals surface area contributed by atoms with E-state index in [1.165, 1.54) is 16.4 Å². The Morgan fingerprint density at radius 2 is 2.00 bits per heavy atom. The van der Waals surface area contributed by atoms with Gasteiger partial charge < -0.3 is 10.8 Å². The number of sulfonamides is 1. The van der Waals surface area contributed by atoms with Crippen LogP contribution in [0, 0.1) is 5.92 Å². The highest BCUT2D eigenvalue weighted by atomic mass is 79.9. The summed E-state index contributed by atoms with van der Waals surface area (Å²) in [6, 6.07) is 4.58. The van der Waals surface area contributed by atoms with Crippen molar-refractivity contribution in [1.29, 1.82) is 0 Å². The van der Waals surface area contributed by atoms with Gasteiger partial charge in [0.15, 0.2) is 0 Å². The number of hydrogen-bond donors (Lipinski definition) is 2. The molecule has 0 amide bonds. The number of nitrogens with zero attached hydrogens (tertiary/aromatic N) is 1. The molecule has 104 valence electrons. The number of hydrogen-bond acceptors (Lipinski definition) is 4. The Bertz CT molecular complexity index is 622. The van der Waals surface area contributed by atoms with Crippen LogP contribution in [0.5, 0.6) is 0 Å². The van der Waals surface area contributed by atoms with Gasteiger partial charge in [-0.05, 0) is 52.9 Å². The third-order valence-corrected chi connectivity index (χ3v) is 6.35. The van der Waals surface area contributed by atoms with Crippen molar-refractivity contribution in [2.75, 3.05) is 18.8 Å². The summed E-state index contributed by atoms with van der Waals surface area (Å²) in [4.78, 5) is 0.172. The van der Waals surface area contributed by atoms with Crippen LogP contribution in [-0.4, -0.2) is 36.5 Å². The van der Waals surface area contributed by atoms with Crippen molar-refractivity contribution < 1.29 is 13.5 Å². The molecular formula is C12H15BrN2O3S. The van der Waals surface area contributed by atoms with Crippen molar-refractivity contribution >= 4 is 31.6 Å². The standard InChI is InChI=1S/C12H15BrN2O3S/c13-10-4-3-9(5-11(10)14)19(17,18)15-6-12(16,7-15)8-1-2-8/h3-5,8,16H,1-2,6-7,14H2. The van der Waals surface area contributed by atoms with Crippen LogP contribution in [0.3, 0.4) is 0 Å². The highest BCUT2D eigenvalue weighted by Gasteiger charge is 2.55. The first-order valence-corrected chi connectivity index (χ1v) is 8.34. The zero-order valence-electron chi connectivity index (χ0n) is 10.2. The number of aliphatic hydroxyl groups is 1. The van der Waals surface area contributed by atoms with Gasteiger partial charge >= 0.3 is 0 Å². The van der Waals surface area contributed by atoms with Crippen LogP contribution in [-0.2, 0) is 10.0 Å². The lowest BCUT2D eigenvalue weighted by molar-refractivity contribution is -0.0764. The molecule has 3 rings (SSSR count). The average Bonchev–Trinajstić information content (AvgIpc) is 3.12. The number of nitrogens with two attached hydrogens (primary N) is 1. The first kappa shape index (κ1) is 13.4. The summed E-state index contributed by atoms with van der Waals surface area (Å²) in [6.07, 6.45) is 1.99. The maximum absolute atomic E-state index is 12.4. The maximum Gasteiger partial charge on any atom is 0.243 e. The van der Waals surface area contributed by atoms with Gasteiger partial charge in [0.1, 0.15) is 0 Å². The molecule has 1 aliphatic carbocycles. The number of rotatable bonds is 3. The smallest absolute Gasteiger partial charge is 0.243 e. The zero-order valence-corrected chi connectivity index (χ0v) is 12.6. The van der Waals surface area contributed by atoms with Gasteiger partial charge in [-0.2, -0.15) is 4.31 Å². The Morgan fingerprint density at radius 1 is 1.37 bits per heavy atom. The third kappa shape index (κ3) is 2.18. The molecule has 0 atom stereocenters. The molecule has 0 aromatic heterocycles. The lowest BCUT2D eigenvalue weighted by Crippen LogP contribution is -2.64. The van der Waals surface area contributed by atoms with Crippen LogP contribution in [0.25, 0.3) is 0 Å². The molecule has 1 saturated heterocycles. The Hall–Kier alpha value is -0.630. The normalized spacial score (nSPS) is 23.1. The zero-order chi connectivity index (χ0) is 13.8. The fourth-order valence-electron chi connectivity index (χ4n) is 2.44. The minimum Gasteiger partial charge on any atom is -0.398 e. The molecule has 3 N–H and O–H groups in total. The van der Waals surface area contributed by atoms with E-state index in [0.29, 0.717) is 10.2 Å². The molecule has 7 heteroatoms. The van der Waals surface area contributed by atoms with Crippen LogP contribution in [0.4, 0.5) is 5.69 Å². The number of halogens is 1. The van der Waals surface area contributed by atoms with E-state index in [2.05, 4.69) is 15.9 Å². The van der Waals surface area contributed by atoms with Crippen LogP contribution in [0.1, 0.15) is 12.8 Å². The quantitative estimate of drug-likeness (QED) is 0.805. The van der Waals surface area contributed by atoms with Gasteiger partial charge in [-0.15, -0.1) is 0 Å². The van der Waals surface area contributed by atoms with Crippen LogP contribution in [0.15, 0.2) is 27.6 Å². The lowest BCUT2D eigenvalue weighted by Gasteiger charge is -2.45. The minimum absolute atomic E-state index is 0.172. The van der Waals surface area contributed by atoms with Gasteiger partial charge in [0.2, 0.25) is 10.0 Å². The number of anilines is 1. The van der Waals surface area contributed by atoms with E-state index < -0.39 is 15.6 Å². The van der Waals surface area contributed by atoms with Crippen molar-refractivity contribution in [1.82, 2.24) is 4.31 Å². The topological polar surface area (TPSA) is 83.6 Å². The molecule has 0 spiro atoms. The van der Waals surface area contributed by atoms with Gasteiger partial charge in [0, 0.05) is 23.2 Å². The summed E-state index contributed by atoms with van der Waals surface area (Å²) >= 11 is 3.24. The molecule has 2 fully saturated rings. The molecule has 1 aromatic rings. The molecule has 0 bridgehead atoms. The van der Waals surface area contributed by atoms with Gasteiger partial charge in [0.25, 0.3) is 0 Å². The maximum atomic E-state index is 12.4. The molecule has 1 saturated carbocycles. The monoisotopic (exact) mass is 346 g/mol. The second kappa shape index (κ2) is 4.18. The largest absolute Gasteiger partial charge is 0.398 e. The van der Waals surface area contributed by atoms with E-state index in [1.54, 1.807) is 6.07 Å². The predicted octanol–water partition coefficient (Wildman–Crippen LogP) is 1.18. The molecule has 19 heavy (non-hydrogen) atoms. The molecule has 5 nitrogen and oxygen atoms in total. The lowest BCUT2D eigenvalue weighted by atomic mass is 9.91. The molecular weight excluding hydrogens is 332 g/mol. The Morgan fingerprint density at radius 3 is 2.53 bits per heavy atom. The Kier molecular flexibility index (Phi) is 2.94. The van der Waals surface area contributed by atoms with Gasteiger partial charge in [-0.1, -0.05) is 0 Å². The fourth-order valence-corrected chi connectivity index (χ4v) is 4.29. The summed E-state index contributed by atoms with van der Waals surface area (Å²) in [7, 11) is -3.55. The second-order valence-electron chi connectivity index (χ2n) is 5.33. The van der Waals surface area contributed by atoms with Gasteiger partial charge in [0.05, 0.1) is 10.5 Å². The van der Waals surface area contributed by atoms with Crippen molar-refractivity contribution in [3.05, 3.63) is 22.7 Å². The van der Waals surface area contributed by atoms with Crippen molar-refractivity contribution in [2.24, 2.45) is 5.92 Å². The molecule has 1 aromatic carbocycles. The highest BCUT2D eigenvalue weighted by molar-refractivity contribution is 9.10. The molecule has 0 unspecified atom stereocenters. The average molecular weight is 347 g/mol. The van der Waals surface area contributed by atoms with E-state index in [-0.39, 0.29) is 23.9 Å². The summed E-state index contributed by atoms with van der Waals surface area (Å²) in [5.74, 6) is 0.272. The van der Waals surface area contributed by atoms with E-state index >= 15 is 0 Å². The predicted molar refractivity (Wildman–Crippen MR) is 75.0 cm³/mol. The minimum atomic E-state index is -3.55. The first-order valence-electron chi connectivity index (χ1n) is 6.10. The summed E-state index contributed by atoms with van der Waals surface area (Å²) < 4.78 is 26.7. The third-order valence-electron chi connectivity index (χ3n) is 3.84. The van der Waals surface area contributed by atoms with Gasteiger partial charge in [-0.3, -0.25) is 0 Å². The van der Waals surface area contributed by atoms with Crippen LogP contribution in [0.2, 0.25) is 0 Å². The Labute approximate surface area is 120 Å². The Balaban J connectivity index is 1.82. The molecule has 1 heterocycles. The first-order chi connectivity index (χ1) is 8.83. The van der Waals surface area contributed by atoms with E-state index in [4.69, 9.17) is 5.73 Å². The van der Waals surface area contributed by atoms with E-state index in [0.717, 1.165) is 12.8 Å². The van der Waals surface area contributed by atoms with Crippen molar-refractivity contribution in [2.45, 2.75) is 23.3 Å². The van der Waals surface area contributed by atoms with Crippen molar-refractivity contribution in [3.8, 4) is 0 Å². The summed E-state index contributed by atoms with van der Waals surface area (Å²) in [6.45, 7) is 0.381. The molecule has 2 aliphatic rings. The van der Waals surface area contributed by atoms with E-state index in [9.17, 15) is 13.5 Å². The van der Waals surface area contributed by atoms with Crippen LogP contribution < -0.4 is 5.73 Å². The molecule has 1 aliphatic heterocycles. The number of β-amino-alcohol motifs (C(OH)–C–C–N with tert-alkyl or cyclic N) is 1. The fraction of sp³-hybridized carbons (Fsp3) is 0.500. The van der Waals surface area contributed by atoms with Crippen molar-refractivity contribution in [3.63, 3.8) is 0 Å². The number of benzene rings is 1. The summed E-state index contributed by atoms with van der Waals surface area (Å²) in [5, 5.41) is 10.2. The van der Waals surface area contributed by atoms with Crippen LogP contribution >= 0.6 is 15.9 Å². The van der Waals surface area contributed by atoms with Gasteiger partial charge in [-0.25, -0.2) is 8.42 Å². The SMILES string of the molecule is Nc1cc(S(=O)(=O)N2CC(O)(C3CC3)C2)ccc1Br. The summed E-state index contributed by atoms with van der Waals surface area (Å²) in [5.41, 5.74) is 5.29.